The van der Waals surface area contributed by atoms with E-state index in [2.05, 4.69) is 80.7 Å². The highest BCUT2D eigenvalue weighted by Gasteiger charge is 2.26. The molecule has 2 N–H and O–H groups in total. The molecule has 0 radical (unpaired) electrons. The summed E-state index contributed by atoms with van der Waals surface area (Å²) in [6.45, 7) is 6.51. The average molecular weight is 420 g/mol. The molecule has 2 unspecified atom stereocenters. The predicted molar refractivity (Wildman–Crippen MR) is 124 cm³/mol. The van der Waals surface area contributed by atoms with Gasteiger partial charge in [0.2, 0.25) is 0 Å². The molecule has 1 aliphatic carbocycles. The van der Waals surface area contributed by atoms with Gasteiger partial charge in [-0.1, -0.05) is 62.7 Å². The summed E-state index contributed by atoms with van der Waals surface area (Å²) >= 11 is 1.86. The van der Waals surface area contributed by atoms with Crippen LogP contribution in [0.2, 0.25) is 0 Å². The van der Waals surface area contributed by atoms with E-state index < -0.39 is 6.10 Å². The van der Waals surface area contributed by atoms with Crippen molar-refractivity contribution in [1.29, 1.82) is 0 Å². The summed E-state index contributed by atoms with van der Waals surface area (Å²) in [5.74, 6) is 0.633. The first-order valence-corrected chi connectivity index (χ1v) is 11.2. The summed E-state index contributed by atoms with van der Waals surface area (Å²) in [6, 6.07) is 19.8. The second-order valence-electron chi connectivity index (χ2n) is 8.11. The van der Waals surface area contributed by atoms with Gasteiger partial charge < -0.3 is 10.4 Å². The van der Waals surface area contributed by atoms with Gasteiger partial charge >= 0.3 is 0 Å². The van der Waals surface area contributed by atoms with Gasteiger partial charge in [0.1, 0.15) is 0 Å². The quantitative estimate of drug-likeness (QED) is 0.513. The highest BCUT2D eigenvalue weighted by Crippen LogP contribution is 2.33. The molecular weight excluding hydrogens is 386 g/mol. The number of rotatable bonds is 7. The Labute approximate surface area is 180 Å². The van der Waals surface area contributed by atoms with Crippen molar-refractivity contribution in [1.82, 2.24) is 5.32 Å². The normalized spacial score (nSPS) is 21.8. The summed E-state index contributed by atoms with van der Waals surface area (Å²) in [5, 5.41) is 15.1. The SMILES string of the molecule is CC(C)Sc1ccc(C(O)C(C)N[C@H]2CCC[C@@H](c3ccccc3)C2)cc1.Cl. The first kappa shape index (κ1) is 23.3. The molecule has 0 aromatic heterocycles. The van der Waals surface area contributed by atoms with Crippen LogP contribution < -0.4 is 5.32 Å². The molecule has 4 atom stereocenters. The Hall–Kier alpha value is -1.00. The molecule has 0 aliphatic heterocycles. The molecule has 154 valence electrons. The Bertz CT molecular complexity index is 692. The number of benzene rings is 2. The van der Waals surface area contributed by atoms with E-state index in [1.54, 1.807) is 0 Å². The molecule has 0 heterocycles. The number of aliphatic hydroxyl groups is 1. The van der Waals surface area contributed by atoms with Crippen molar-refractivity contribution in [3.8, 4) is 0 Å². The highest BCUT2D eigenvalue weighted by molar-refractivity contribution is 7.99. The van der Waals surface area contributed by atoms with E-state index in [1.165, 1.54) is 29.7 Å². The first-order valence-electron chi connectivity index (χ1n) is 10.3. The lowest BCUT2D eigenvalue weighted by molar-refractivity contribution is 0.123. The van der Waals surface area contributed by atoms with Crippen molar-refractivity contribution in [2.75, 3.05) is 0 Å². The zero-order valence-electron chi connectivity index (χ0n) is 17.2. The minimum Gasteiger partial charge on any atom is -0.387 e. The standard InChI is InChI=1S/C24H33NOS.ClH/c1-17(2)27-23-14-12-20(13-15-23)24(26)18(3)25-22-11-7-10-21(16-22)19-8-5-4-6-9-19;/h4-6,8-9,12-15,17-18,21-22,24-26H,7,10-11,16H2,1-3H3;1H/t18?,21-,22+,24?;/m1./s1. The van der Waals surface area contributed by atoms with Crippen LogP contribution in [-0.2, 0) is 0 Å². The summed E-state index contributed by atoms with van der Waals surface area (Å²) in [6.07, 6.45) is 4.41. The number of aliphatic hydroxyl groups excluding tert-OH is 1. The molecule has 1 fully saturated rings. The van der Waals surface area contributed by atoms with Gasteiger partial charge in [-0.25, -0.2) is 0 Å². The zero-order valence-corrected chi connectivity index (χ0v) is 18.8. The molecule has 0 bridgehead atoms. The van der Waals surface area contributed by atoms with E-state index in [9.17, 15) is 5.11 Å². The Morgan fingerprint density at radius 2 is 1.64 bits per heavy atom. The van der Waals surface area contributed by atoms with E-state index in [0.29, 0.717) is 17.2 Å². The summed E-state index contributed by atoms with van der Waals surface area (Å²) in [4.78, 5) is 1.26. The van der Waals surface area contributed by atoms with E-state index in [1.807, 2.05) is 11.8 Å². The number of thioether (sulfide) groups is 1. The summed E-state index contributed by atoms with van der Waals surface area (Å²) < 4.78 is 0. The zero-order chi connectivity index (χ0) is 19.2. The minimum atomic E-state index is -0.472. The third-order valence-electron chi connectivity index (χ3n) is 5.51. The summed E-state index contributed by atoms with van der Waals surface area (Å²) in [7, 11) is 0. The van der Waals surface area contributed by atoms with Crippen LogP contribution in [0.4, 0.5) is 0 Å². The largest absolute Gasteiger partial charge is 0.387 e. The number of nitrogens with one attached hydrogen (secondary N) is 1. The fourth-order valence-corrected chi connectivity index (χ4v) is 4.97. The van der Waals surface area contributed by atoms with Crippen LogP contribution in [0.3, 0.4) is 0 Å². The second-order valence-corrected chi connectivity index (χ2v) is 9.76. The maximum Gasteiger partial charge on any atom is 0.0940 e. The third-order valence-corrected chi connectivity index (χ3v) is 6.53. The fourth-order valence-electron chi connectivity index (χ4n) is 4.14. The van der Waals surface area contributed by atoms with Crippen LogP contribution in [0.25, 0.3) is 0 Å². The van der Waals surface area contributed by atoms with Gasteiger partial charge in [0.15, 0.2) is 0 Å². The molecule has 0 spiro atoms. The third kappa shape index (κ3) is 6.52. The van der Waals surface area contributed by atoms with Gasteiger partial charge in [-0.2, -0.15) is 0 Å². The molecule has 2 aromatic rings. The van der Waals surface area contributed by atoms with Crippen molar-refractivity contribution in [3.63, 3.8) is 0 Å². The van der Waals surface area contributed by atoms with Gasteiger partial charge in [-0.15, -0.1) is 24.2 Å². The van der Waals surface area contributed by atoms with E-state index in [0.717, 1.165) is 12.0 Å². The van der Waals surface area contributed by atoms with Gasteiger partial charge in [-0.3, -0.25) is 0 Å². The number of halogens is 1. The van der Waals surface area contributed by atoms with Crippen molar-refractivity contribution < 1.29 is 5.11 Å². The topological polar surface area (TPSA) is 32.3 Å². The maximum atomic E-state index is 10.8. The van der Waals surface area contributed by atoms with Crippen LogP contribution in [0.1, 0.15) is 69.6 Å². The van der Waals surface area contributed by atoms with Crippen LogP contribution >= 0.6 is 24.2 Å². The van der Waals surface area contributed by atoms with E-state index in [4.69, 9.17) is 0 Å². The van der Waals surface area contributed by atoms with Crippen molar-refractivity contribution in [2.45, 2.75) is 80.7 Å². The minimum absolute atomic E-state index is 0. The lowest BCUT2D eigenvalue weighted by atomic mass is 9.81. The predicted octanol–water partition coefficient (Wildman–Crippen LogP) is 6.35. The average Bonchev–Trinajstić information content (AvgIpc) is 2.68. The van der Waals surface area contributed by atoms with Crippen molar-refractivity contribution in [2.24, 2.45) is 0 Å². The molecule has 3 rings (SSSR count). The van der Waals surface area contributed by atoms with E-state index in [-0.39, 0.29) is 18.4 Å². The molecule has 2 nitrogen and oxygen atoms in total. The monoisotopic (exact) mass is 419 g/mol. The highest BCUT2D eigenvalue weighted by atomic mass is 35.5. The fraction of sp³-hybridized carbons (Fsp3) is 0.500. The van der Waals surface area contributed by atoms with E-state index >= 15 is 0 Å². The second kappa shape index (κ2) is 11.3. The van der Waals surface area contributed by atoms with Crippen LogP contribution in [0, 0.1) is 0 Å². The lowest BCUT2D eigenvalue weighted by Gasteiger charge is -2.33. The Balaban J connectivity index is 0.00000280. The van der Waals surface area contributed by atoms with Crippen LogP contribution in [0.5, 0.6) is 0 Å². The molecule has 2 aromatic carbocycles. The molecule has 4 heteroatoms. The number of hydrogen-bond donors (Lipinski definition) is 2. The smallest absolute Gasteiger partial charge is 0.0940 e. The van der Waals surface area contributed by atoms with Gasteiger partial charge in [0.05, 0.1) is 6.10 Å². The van der Waals surface area contributed by atoms with Gasteiger partial charge in [-0.05, 0) is 55.4 Å². The van der Waals surface area contributed by atoms with Crippen LogP contribution in [0.15, 0.2) is 59.5 Å². The number of hydrogen-bond acceptors (Lipinski definition) is 3. The van der Waals surface area contributed by atoms with Gasteiger partial charge in [0.25, 0.3) is 0 Å². The van der Waals surface area contributed by atoms with Crippen molar-refractivity contribution >= 4 is 24.2 Å². The Kier molecular flexibility index (Phi) is 9.36. The molecule has 0 saturated heterocycles. The maximum absolute atomic E-state index is 10.8. The first-order chi connectivity index (χ1) is 13.0. The Morgan fingerprint density at radius 3 is 2.29 bits per heavy atom. The lowest BCUT2D eigenvalue weighted by Crippen LogP contribution is -2.42. The summed E-state index contributed by atoms with van der Waals surface area (Å²) in [5.41, 5.74) is 2.45. The molecule has 1 aliphatic rings. The molecular formula is C24H34ClNOS. The van der Waals surface area contributed by atoms with Crippen LogP contribution in [-0.4, -0.2) is 22.4 Å². The van der Waals surface area contributed by atoms with Gasteiger partial charge in [0, 0.05) is 22.2 Å². The molecule has 0 amide bonds. The Morgan fingerprint density at radius 1 is 0.964 bits per heavy atom. The van der Waals surface area contributed by atoms with Crippen molar-refractivity contribution in [3.05, 3.63) is 65.7 Å². The molecule has 1 saturated carbocycles. The molecule has 28 heavy (non-hydrogen) atoms.